The van der Waals surface area contributed by atoms with Gasteiger partial charge in [-0.3, -0.25) is 4.79 Å². The summed E-state index contributed by atoms with van der Waals surface area (Å²) in [5.41, 5.74) is 1.44. The maximum Gasteiger partial charge on any atom is 0.271 e. The molecule has 1 aromatic heterocycles. The second kappa shape index (κ2) is 7.02. The number of hydrogen-bond donors (Lipinski definition) is 3. The molecule has 20 heavy (non-hydrogen) atoms. The molecule has 106 valence electrons. The quantitative estimate of drug-likeness (QED) is 0.754. The topological polar surface area (TPSA) is 74.2 Å². The van der Waals surface area contributed by atoms with E-state index in [0.29, 0.717) is 17.2 Å². The Hall–Kier alpha value is -1.92. The summed E-state index contributed by atoms with van der Waals surface area (Å²) in [5, 5.41) is 17.5. The number of thiazole rings is 1. The summed E-state index contributed by atoms with van der Waals surface area (Å²) in [6.45, 7) is -0.107. The molecular formula is C14H17N3O2S. The summed E-state index contributed by atoms with van der Waals surface area (Å²) in [7, 11) is 1.76. The van der Waals surface area contributed by atoms with Crippen LogP contribution < -0.4 is 10.6 Å². The van der Waals surface area contributed by atoms with E-state index in [9.17, 15) is 9.90 Å². The van der Waals surface area contributed by atoms with Crippen molar-refractivity contribution in [2.75, 3.05) is 19.0 Å². The average Bonchev–Trinajstić information content (AvgIpc) is 2.96. The summed E-state index contributed by atoms with van der Waals surface area (Å²) in [6, 6.07) is 9.43. The van der Waals surface area contributed by atoms with Crippen LogP contribution in [0.25, 0.3) is 0 Å². The summed E-state index contributed by atoms with van der Waals surface area (Å²) in [6.07, 6.45) is 0.589. The number of carbonyl (C=O) groups is 1. The minimum absolute atomic E-state index is 0.107. The van der Waals surface area contributed by atoms with Crippen LogP contribution in [0.5, 0.6) is 0 Å². The number of hydrogen-bond acceptors (Lipinski definition) is 5. The Morgan fingerprint density at radius 2 is 2.15 bits per heavy atom. The van der Waals surface area contributed by atoms with Crippen LogP contribution in [0, 0.1) is 0 Å². The highest BCUT2D eigenvalue weighted by Crippen LogP contribution is 2.14. The molecule has 0 saturated carbocycles. The zero-order valence-corrected chi connectivity index (χ0v) is 12.0. The smallest absolute Gasteiger partial charge is 0.271 e. The first kappa shape index (κ1) is 14.5. The second-order valence-corrected chi connectivity index (χ2v) is 5.19. The zero-order valence-electron chi connectivity index (χ0n) is 11.2. The molecule has 1 atom stereocenters. The van der Waals surface area contributed by atoms with E-state index >= 15 is 0 Å². The predicted octanol–water partition coefficient (Wildman–Crippen LogP) is 1.52. The summed E-state index contributed by atoms with van der Waals surface area (Å²) in [4.78, 5) is 16.2. The van der Waals surface area contributed by atoms with Gasteiger partial charge >= 0.3 is 0 Å². The lowest BCUT2D eigenvalue weighted by Crippen LogP contribution is -2.39. The van der Waals surface area contributed by atoms with E-state index in [4.69, 9.17) is 0 Å². The lowest BCUT2D eigenvalue weighted by atomic mass is 10.1. The Morgan fingerprint density at radius 1 is 1.40 bits per heavy atom. The molecule has 0 radical (unpaired) electrons. The van der Waals surface area contributed by atoms with E-state index in [1.165, 1.54) is 11.3 Å². The molecule has 0 unspecified atom stereocenters. The van der Waals surface area contributed by atoms with E-state index < -0.39 is 0 Å². The summed E-state index contributed by atoms with van der Waals surface area (Å²) >= 11 is 1.37. The monoisotopic (exact) mass is 291 g/mol. The molecule has 0 saturated heterocycles. The number of aromatic nitrogens is 1. The van der Waals surface area contributed by atoms with Crippen LogP contribution in [-0.4, -0.2) is 35.7 Å². The van der Waals surface area contributed by atoms with Gasteiger partial charge in [0.2, 0.25) is 0 Å². The molecule has 0 fully saturated rings. The Labute approximate surface area is 121 Å². The normalized spacial score (nSPS) is 11.9. The molecule has 2 rings (SSSR count). The van der Waals surface area contributed by atoms with Crippen molar-refractivity contribution < 1.29 is 9.90 Å². The van der Waals surface area contributed by atoms with Gasteiger partial charge in [-0.25, -0.2) is 4.98 Å². The van der Waals surface area contributed by atoms with Crippen LogP contribution in [0.3, 0.4) is 0 Å². The Kier molecular flexibility index (Phi) is 5.09. The third-order valence-corrected chi connectivity index (χ3v) is 3.69. The van der Waals surface area contributed by atoms with Crippen molar-refractivity contribution in [3.63, 3.8) is 0 Å². The first-order chi connectivity index (χ1) is 9.72. The van der Waals surface area contributed by atoms with Crippen molar-refractivity contribution in [2.24, 2.45) is 0 Å². The van der Waals surface area contributed by atoms with Gasteiger partial charge in [0.1, 0.15) is 5.69 Å². The van der Waals surface area contributed by atoms with E-state index in [1.54, 1.807) is 12.4 Å². The molecule has 0 bridgehead atoms. The number of aliphatic hydroxyl groups excluding tert-OH is 1. The van der Waals surface area contributed by atoms with Crippen LogP contribution >= 0.6 is 11.3 Å². The van der Waals surface area contributed by atoms with Gasteiger partial charge < -0.3 is 15.7 Å². The lowest BCUT2D eigenvalue weighted by molar-refractivity contribution is 0.0912. The molecule has 3 N–H and O–H groups in total. The maximum absolute atomic E-state index is 12.0. The molecule has 0 aliphatic heterocycles. The first-order valence-electron chi connectivity index (χ1n) is 6.32. The number of carbonyl (C=O) groups excluding carboxylic acids is 1. The average molecular weight is 291 g/mol. The van der Waals surface area contributed by atoms with Crippen LogP contribution in [0.15, 0.2) is 35.7 Å². The number of aliphatic hydroxyl groups is 1. The van der Waals surface area contributed by atoms with Gasteiger partial charge in [0.15, 0.2) is 5.13 Å². The molecule has 1 aromatic carbocycles. The van der Waals surface area contributed by atoms with Crippen molar-refractivity contribution in [1.29, 1.82) is 0 Å². The fourth-order valence-electron chi connectivity index (χ4n) is 1.81. The number of rotatable bonds is 6. The largest absolute Gasteiger partial charge is 0.394 e. The highest BCUT2D eigenvalue weighted by Gasteiger charge is 2.15. The van der Waals surface area contributed by atoms with E-state index in [2.05, 4.69) is 15.6 Å². The van der Waals surface area contributed by atoms with Crippen LogP contribution in [-0.2, 0) is 6.42 Å². The highest BCUT2D eigenvalue weighted by atomic mass is 32.1. The lowest BCUT2D eigenvalue weighted by Gasteiger charge is -2.15. The molecule has 2 aromatic rings. The molecule has 0 aliphatic rings. The minimum Gasteiger partial charge on any atom is -0.394 e. The van der Waals surface area contributed by atoms with Crippen LogP contribution in [0.4, 0.5) is 5.13 Å². The Balaban J connectivity index is 1.97. The standard InChI is InChI=1S/C14H17N3O2S/c1-15-14-17-12(9-20-14)13(19)16-11(8-18)7-10-5-3-2-4-6-10/h2-6,9,11,18H,7-8H2,1H3,(H,15,17)(H,16,19)/t11-/m0/s1. The molecule has 1 amide bonds. The molecule has 0 aliphatic carbocycles. The fraction of sp³-hybridized carbons (Fsp3) is 0.286. The molecule has 6 heteroatoms. The molecule has 0 spiro atoms. The van der Waals surface area contributed by atoms with Gasteiger partial charge in [-0.2, -0.15) is 0 Å². The van der Waals surface area contributed by atoms with Crippen molar-refractivity contribution in [3.8, 4) is 0 Å². The number of anilines is 1. The van der Waals surface area contributed by atoms with Crippen molar-refractivity contribution in [3.05, 3.63) is 47.0 Å². The first-order valence-corrected chi connectivity index (χ1v) is 7.20. The van der Waals surface area contributed by atoms with Crippen LogP contribution in [0.1, 0.15) is 16.1 Å². The van der Waals surface area contributed by atoms with E-state index in [-0.39, 0.29) is 18.6 Å². The number of benzene rings is 1. The van der Waals surface area contributed by atoms with Gasteiger partial charge in [0, 0.05) is 12.4 Å². The third-order valence-electron chi connectivity index (χ3n) is 2.83. The number of nitrogens with zero attached hydrogens (tertiary/aromatic N) is 1. The van der Waals surface area contributed by atoms with Gasteiger partial charge in [-0.1, -0.05) is 30.3 Å². The SMILES string of the molecule is CNc1nc(C(=O)N[C@H](CO)Cc2ccccc2)cs1. The van der Waals surface area contributed by atoms with Gasteiger partial charge in [-0.15, -0.1) is 11.3 Å². The zero-order chi connectivity index (χ0) is 14.4. The summed E-state index contributed by atoms with van der Waals surface area (Å²) in [5.74, 6) is -0.266. The number of amides is 1. The van der Waals surface area contributed by atoms with Crippen molar-refractivity contribution >= 4 is 22.4 Å². The van der Waals surface area contributed by atoms with E-state index in [1.807, 2.05) is 30.3 Å². The van der Waals surface area contributed by atoms with Crippen molar-refractivity contribution in [1.82, 2.24) is 10.3 Å². The highest BCUT2D eigenvalue weighted by molar-refractivity contribution is 7.13. The van der Waals surface area contributed by atoms with Gasteiger partial charge in [0.25, 0.3) is 5.91 Å². The van der Waals surface area contributed by atoms with Crippen LogP contribution in [0.2, 0.25) is 0 Å². The number of nitrogens with one attached hydrogen (secondary N) is 2. The Bertz CT molecular complexity index is 557. The van der Waals surface area contributed by atoms with Gasteiger partial charge in [0.05, 0.1) is 12.6 Å². The third kappa shape index (κ3) is 3.79. The van der Waals surface area contributed by atoms with Crippen molar-refractivity contribution in [2.45, 2.75) is 12.5 Å². The maximum atomic E-state index is 12.0. The van der Waals surface area contributed by atoms with Gasteiger partial charge in [-0.05, 0) is 12.0 Å². The van der Waals surface area contributed by atoms with E-state index in [0.717, 1.165) is 5.56 Å². The minimum atomic E-state index is -0.315. The second-order valence-electron chi connectivity index (χ2n) is 4.33. The molecule has 1 heterocycles. The molecular weight excluding hydrogens is 274 g/mol. The molecule has 5 nitrogen and oxygen atoms in total. The fourth-order valence-corrected chi connectivity index (χ4v) is 2.46. The predicted molar refractivity (Wildman–Crippen MR) is 80.1 cm³/mol. The Morgan fingerprint density at radius 3 is 2.75 bits per heavy atom. The summed E-state index contributed by atoms with van der Waals surface area (Å²) < 4.78 is 0.